The van der Waals surface area contributed by atoms with Crippen molar-refractivity contribution in [1.82, 2.24) is 58.6 Å². The third-order valence-corrected chi connectivity index (χ3v) is 13.5. The molecule has 0 aliphatic carbocycles. The van der Waals surface area contributed by atoms with E-state index in [1.165, 1.54) is 0 Å². The van der Waals surface area contributed by atoms with Crippen LogP contribution >= 0.6 is 0 Å². The SMILES string of the molecule is Cc1ccccc1-c1nc2ncncc2n1-c1ccc(-c2cc(-c3ccc(-n4c(-c5ccccc5C)nc5ncncc54)cc3)cc(-c3ccc(-n4c(-c5ccccc5C)nc5ncncc54)cc3)c2)cc1. The summed E-state index contributed by atoms with van der Waals surface area (Å²) >= 11 is 0. The van der Waals surface area contributed by atoms with Gasteiger partial charge in [0.15, 0.2) is 16.9 Å². The van der Waals surface area contributed by atoms with Crippen molar-refractivity contribution in [1.29, 1.82) is 0 Å². The van der Waals surface area contributed by atoms with Crippen LogP contribution in [0, 0.1) is 20.8 Å². The number of fused-ring (bicyclic) bond motifs is 3. The van der Waals surface area contributed by atoms with Crippen LogP contribution in [0.2, 0.25) is 0 Å². The average Bonchev–Trinajstić information content (AvgIpc) is 4.13. The Labute approximate surface area is 413 Å². The molecule has 0 fully saturated rings. The number of nitrogens with zero attached hydrogens (tertiary/aromatic N) is 12. The average molecular weight is 931 g/mol. The van der Waals surface area contributed by atoms with E-state index < -0.39 is 0 Å². The molecule has 0 saturated heterocycles. The predicted molar refractivity (Wildman–Crippen MR) is 284 cm³/mol. The molecule has 0 radical (unpaired) electrons. The number of benzene rings is 7. The lowest BCUT2D eigenvalue weighted by Crippen LogP contribution is -1.99. The van der Waals surface area contributed by atoms with Crippen LogP contribution in [0.1, 0.15) is 16.7 Å². The summed E-state index contributed by atoms with van der Waals surface area (Å²) in [7, 11) is 0. The first-order chi connectivity index (χ1) is 35.4. The molecule has 6 heterocycles. The maximum absolute atomic E-state index is 5.00. The van der Waals surface area contributed by atoms with Crippen LogP contribution in [-0.2, 0) is 0 Å². The Morgan fingerprint density at radius 3 is 0.861 bits per heavy atom. The fraction of sp³-hybridized carbons (Fsp3) is 0.0500. The summed E-state index contributed by atoms with van der Waals surface area (Å²) < 4.78 is 6.44. The van der Waals surface area contributed by atoms with Gasteiger partial charge >= 0.3 is 0 Å². The van der Waals surface area contributed by atoms with Crippen LogP contribution in [0.5, 0.6) is 0 Å². The van der Waals surface area contributed by atoms with Gasteiger partial charge in [-0.2, -0.15) is 0 Å². The van der Waals surface area contributed by atoms with Crippen LogP contribution in [-0.4, -0.2) is 58.6 Å². The van der Waals surface area contributed by atoms with Gasteiger partial charge in [-0.1, -0.05) is 109 Å². The van der Waals surface area contributed by atoms with Crippen LogP contribution in [0.15, 0.2) is 201 Å². The predicted octanol–water partition coefficient (Wildman–Crippen LogP) is 13.0. The molecule has 0 bridgehead atoms. The minimum atomic E-state index is 0.642. The van der Waals surface area contributed by atoms with Gasteiger partial charge in [-0.25, -0.2) is 44.9 Å². The highest BCUT2D eigenvalue weighted by atomic mass is 15.1. The summed E-state index contributed by atoms with van der Waals surface area (Å²) in [6, 6.07) is 57.7. The second-order valence-corrected chi connectivity index (χ2v) is 17.9. The first-order valence-corrected chi connectivity index (χ1v) is 23.6. The Morgan fingerprint density at radius 1 is 0.306 bits per heavy atom. The van der Waals surface area contributed by atoms with Gasteiger partial charge in [0.1, 0.15) is 53.0 Å². The zero-order valence-electron chi connectivity index (χ0n) is 39.4. The van der Waals surface area contributed by atoms with Crippen molar-refractivity contribution in [2.24, 2.45) is 0 Å². The first-order valence-electron chi connectivity index (χ1n) is 23.6. The molecular formula is C60H42N12. The fourth-order valence-corrected chi connectivity index (χ4v) is 9.81. The van der Waals surface area contributed by atoms with E-state index in [1.807, 2.05) is 55.0 Å². The maximum Gasteiger partial charge on any atom is 0.181 e. The summed E-state index contributed by atoms with van der Waals surface area (Å²) in [5.74, 6) is 2.45. The van der Waals surface area contributed by atoms with E-state index in [1.54, 1.807) is 19.0 Å². The van der Waals surface area contributed by atoms with E-state index in [0.717, 1.165) is 118 Å². The highest BCUT2D eigenvalue weighted by Gasteiger charge is 2.21. The second-order valence-electron chi connectivity index (χ2n) is 17.9. The summed E-state index contributed by atoms with van der Waals surface area (Å²) in [5, 5.41) is 0. The Morgan fingerprint density at radius 2 is 0.583 bits per heavy atom. The van der Waals surface area contributed by atoms with E-state index in [0.29, 0.717) is 16.9 Å². The lowest BCUT2D eigenvalue weighted by molar-refractivity contribution is 1.09. The second kappa shape index (κ2) is 17.3. The number of rotatable bonds is 9. The zero-order chi connectivity index (χ0) is 48.3. The minimum absolute atomic E-state index is 0.642. The van der Waals surface area contributed by atoms with E-state index in [9.17, 15) is 0 Å². The van der Waals surface area contributed by atoms with E-state index in [4.69, 9.17) is 15.0 Å². The molecule has 0 N–H and O–H groups in total. The molecule has 13 aromatic rings. The summed E-state index contributed by atoms with van der Waals surface area (Å²) in [5.41, 5.74) is 20.2. The largest absolute Gasteiger partial charge is 0.289 e. The van der Waals surface area contributed by atoms with E-state index >= 15 is 0 Å². The Bertz CT molecular complexity index is 3740. The summed E-state index contributed by atoms with van der Waals surface area (Å²) in [4.78, 5) is 41.8. The third-order valence-electron chi connectivity index (χ3n) is 13.5. The molecule has 0 unspecified atom stereocenters. The number of imidazole rings is 3. The molecule has 6 aromatic heterocycles. The molecular weight excluding hydrogens is 889 g/mol. The van der Waals surface area contributed by atoms with Gasteiger partial charge in [0.05, 0.1) is 18.6 Å². The molecule has 72 heavy (non-hydrogen) atoms. The van der Waals surface area contributed by atoms with Crippen molar-refractivity contribution < 1.29 is 0 Å². The summed E-state index contributed by atoms with van der Waals surface area (Å²) in [6.07, 6.45) is 10.1. The molecule has 12 heteroatoms. The van der Waals surface area contributed by atoms with E-state index in [-0.39, 0.29) is 0 Å². The van der Waals surface area contributed by atoms with Crippen LogP contribution < -0.4 is 0 Å². The molecule has 7 aromatic carbocycles. The molecule has 0 amide bonds. The van der Waals surface area contributed by atoms with Crippen LogP contribution in [0.4, 0.5) is 0 Å². The van der Waals surface area contributed by atoms with Gasteiger partial charge in [-0.3, -0.25) is 13.7 Å². The maximum atomic E-state index is 5.00. The first kappa shape index (κ1) is 42.3. The summed E-state index contributed by atoms with van der Waals surface area (Å²) in [6.45, 7) is 6.32. The fourth-order valence-electron chi connectivity index (χ4n) is 9.81. The van der Waals surface area contributed by atoms with Crippen LogP contribution in [0.3, 0.4) is 0 Å². The minimum Gasteiger partial charge on any atom is -0.289 e. The third kappa shape index (κ3) is 7.28. The van der Waals surface area contributed by atoms with E-state index in [2.05, 4.69) is 192 Å². The Hall–Kier alpha value is -9.81. The molecule has 0 saturated carbocycles. The van der Waals surface area contributed by atoms with Gasteiger partial charge in [-0.15, -0.1) is 0 Å². The highest BCUT2D eigenvalue weighted by Crippen LogP contribution is 2.38. The van der Waals surface area contributed by atoms with Crippen molar-refractivity contribution in [2.75, 3.05) is 0 Å². The van der Waals surface area contributed by atoms with Crippen molar-refractivity contribution >= 4 is 33.5 Å². The van der Waals surface area contributed by atoms with Crippen molar-refractivity contribution in [3.8, 4) is 84.6 Å². The molecule has 0 aliphatic heterocycles. The number of aromatic nitrogens is 12. The standard InChI is InChI=1S/C60H42N12/c1-37-10-4-7-13-49(37)58-67-55-52(31-61-34-64-55)70(58)46-22-16-40(17-23-46)43-28-44(41-18-24-47(25-19-41)71-53-32-62-35-65-56(53)68-59(71)50-14-8-5-11-38(50)2)30-45(29-43)42-20-26-48(27-21-42)72-54-33-63-36-66-57(54)69-60(72)51-15-9-6-12-39(51)3/h4-36H,1-3H3. The van der Waals surface area contributed by atoms with Gasteiger partial charge < -0.3 is 0 Å². The van der Waals surface area contributed by atoms with Crippen molar-refractivity contribution in [3.63, 3.8) is 0 Å². The molecule has 12 nitrogen and oxygen atoms in total. The van der Waals surface area contributed by atoms with Crippen molar-refractivity contribution in [2.45, 2.75) is 20.8 Å². The zero-order valence-corrected chi connectivity index (χ0v) is 39.4. The number of hydrogen-bond acceptors (Lipinski definition) is 9. The number of hydrogen-bond donors (Lipinski definition) is 0. The smallest absolute Gasteiger partial charge is 0.181 e. The normalized spacial score (nSPS) is 11.5. The van der Waals surface area contributed by atoms with Gasteiger partial charge in [0.2, 0.25) is 0 Å². The monoisotopic (exact) mass is 930 g/mol. The molecule has 0 spiro atoms. The molecule has 0 aliphatic rings. The topological polar surface area (TPSA) is 131 Å². The van der Waals surface area contributed by atoms with Gasteiger partial charge in [0.25, 0.3) is 0 Å². The quantitative estimate of drug-likeness (QED) is 0.139. The Kier molecular flexibility index (Phi) is 10.2. The number of aryl methyl sites for hydroxylation is 3. The van der Waals surface area contributed by atoms with Gasteiger partial charge in [0, 0.05) is 33.8 Å². The lowest BCUT2D eigenvalue weighted by Gasteiger charge is -2.15. The molecule has 342 valence electrons. The van der Waals surface area contributed by atoms with Crippen LogP contribution in [0.25, 0.3) is 118 Å². The highest BCUT2D eigenvalue weighted by molar-refractivity contribution is 5.86. The van der Waals surface area contributed by atoms with Crippen molar-refractivity contribution in [3.05, 3.63) is 218 Å². The Balaban J connectivity index is 0.931. The van der Waals surface area contributed by atoms with Gasteiger partial charge in [-0.05, 0) is 125 Å². The molecule has 0 atom stereocenters. The molecule has 13 rings (SSSR count). The lowest BCUT2D eigenvalue weighted by atomic mass is 9.93.